The largest absolute Gasteiger partial charge is 0.391 e. The molecule has 110 valence electrons. The number of benzene rings is 1. The fourth-order valence-electron chi connectivity index (χ4n) is 2.78. The van der Waals surface area contributed by atoms with Gasteiger partial charge in [-0.2, -0.15) is 0 Å². The summed E-state index contributed by atoms with van der Waals surface area (Å²) >= 11 is 0. The van der Waals surface area contributed by atoms with Crippen molar-refractivity contribution in [3.8, 4) is 0 Å². The lowest BCUT2D eigenvalue weighted by Gasteiger charge is -2.30. The fraction of sp³-hybridized carbons (Fsp3) is 0.562. The van der Waals surface area contributed by atoms with Crippen LogP contribution < -0.4 is 5.32 Å². The second-order valence-electron chi connectivity index (χ2n) is 5.72. The van der Waals surface area contributed by atoms with Crippen LogP contribution >= 0.6 is 0 Å². The Labute approximate surface area is 120 Å². The summed E-state index contributed by atoms with van der Waals surface area (Å²) in [5, 5.41) is 12.5. The van der Waals surface area contributed by atoms with Gasteiger partial charge in [-0.05, 0) is 38.7 Å². The lowest BCUT2D eigenvalue weighted by molar-refractivity contribution is 0.0843. The van der Waals surface area contributed by atoms with E-state index in [-0.39, 0.29) is 12.1 Å². The van der Waals surface area contributed by atoms with E-state index in [2.05, 4.69) is 37.4 Å². The van der Waals surface area contributed by atoms with E-state index in [1.165, 1.54) is 16.7 Å². The standard InChI is InChI=1S/C16H24N2O2/c1-12-8-13(2)10-14(9-12)5-6-17-16(20)18-7-3-4-15(19)11-18/h8-10,15,19H,3-7,11H2,1-2H3,(H,17,20). The van der Waals surface area contributed by atoms with Crippen molar-refractivity contribution in [1.29, 1.82) is 0 Å². The van der Waals surface area contributed by atoms with Crippen molar-refractivity contribution in [2.75, 3.05) is 19.6 Å². The SMILES string of the molecule is Cc1cc(C)cc(CCNC(=O)N2CCCC(O)C2)c1. The first kappa shape index (κ1) is 14.9. The molecule has 1 aliphatic rings. The summed E-state index contributed by atoms with van der Waals surface area (Å²) < 4.78 is 0. The Kier molecular flexibility index (Phi) is 5.01. The number of nitrogens with zero attached hydrogens (tertiary/aromatic N) is 1. The summed E-state index contributed by atoms with van der Waals surface area (Å²) in [6.45, 7) is 6.00. The molecular formula is C16H24N2O2. The number of hydrogen-bond acceptors (Lipinski definition) is 2. The second kappa shape index (κ2) is 6.75. The highest BCUT2D eigenvalue weighted by Gasteiger charge is 2.21. The molecule has 1 atom stereocenters. The average Bonchev–Trinajstić information content (AvgIpc) is 2.37. The van der Waals surface area contributed by atoms with E-state index in [0.717, 1.165) is 25.8 Å². The predicted octanol–water partition coefficient (Wildman–Crippen LogP) is 2.01. The minimum atomic E-state index is -0.367. The Bertz CT molecular complexity index is 453. The van der Waals surface area contributed by atoms with Crippen LogP contribution in [-0.2, 0) is 6.42 Å². The van der Waals surface area contributed by atoms with Crippen LogP contribution in [0.25, 0.3) is 0 Å². The van der Waals surface area contributed by atoms with E-state index in [4.69, 9.17) is 0 Å². The normalized spacial score (nSPS) is 18.9. The molecule has 1 aromatic rings. The third-order valence-electron chi connectivity index (χ3n) is 3.66. The first-order chi connectivity index (χ1) is 9.54. The molecule has 20 heavy (non-hydrogen) atoms. The molecule has 1 aromatic carbocycles. The monoisotopic (exact) mass is 276 g/mol. The van der Waals surface area contributed by atoms with Gasteiger partial charge in [-0.3, -0.25) is 0 Å². The van der Waals surface area contributed by atoms with E-state index in [1.807, 2.05) is 0 Å². The molecule has 0 saturated carbocycles. The molecule has 0 spiro atoms. The zero-order valence-corrected chi connectivity index (χ0v) is 12.4. The van der Waals surface area contributed by atoms with Gasteiger partial charge in [-0.25, -0.2) is 4.79 Å². The van der Waals surface area contributed by atoms with Crippen molar-refractivity contribution in [2.24, 2.45) is 0 Å². The Morgan fingerprint density at radius 3 is 2.70 bits per heavy atom. The van der Waals surface area contributed by atoms with Gasteiger partial charge in [0.15, 0.2) is 0 Å². The molecular weight excluding hydrogens is 252 g/mol. The zero-order valence-electron chi connectivity index (χ0n) is 12.4. The number of β-amino-alcohol motifs (C(OH)–C–C–N with tert-alkyl or cyclic N) is 1. The van der Waals surface area contributed by atoms with Gasteiger partial charge < -0.3 is 15.3 Å². The maximum Gasteiger partial charge on any atom is 0.317 e. The first-order valence-corrected chi connectivity index (χ1v) is 7.32. The molecule has 2 amide bonds. The second-order valence-corrected chi connectivity index (χ2v) is 5.72. The predicted molar refractivity (Wildman–Crippen MR) is 79.8 cm³/mol. The van der Waals surface area contributed by atoms with E-state index in [1.54, 1.807) is 4.90 Å². The summed E-state index contributed by atoms with van der Waals surface area (Å²) in [4.78, 5) is 13.7. The number of carbonyl (C=O) groups is 1. The van der Waals surface area contributed by atoms with Crippen molar-refractivity contribution in [2.45, 2.75) is 39.2 Å². The minimum Gasteiger partial charge on any atom is -0.391 e. The van der Waals surface area contributed by atoms with Crippen molar-refractivity contribution >= 4 is 6.03 Å². The molecule has 1 aliphatic heterocycles. The molecule has 2 N–H and O–H groups in total. The first-order valence-electron chi connectivity index (χ1n) is 7.32. The summed E-state index contributed by atoms with van der Waals surface area (Å²) in [6.07, 6.45) is 2.15. The maximum atomic E-state index is 12.0. The highest BCUT2D eigenvalue weighted by molar-refractivity contribution is 5.74. The van der Waals surface area contributed by atoms with Crippen LogP contribution in [0.2, 0.25) is 0 Å². The molecule has 4 heteroatoms. The van der Waals surface area contributed by atoms with Gasteiger partial charge in [-0.1, -0.05) is 29.3 Å². The highest BCUT2D eigenvalue weighted by Crippen LogP contribution is 2.11. The van der Waals surface area contributed by atoms with Crippen LogP contribution in [0.4, 0.5) is 4.79 Å². The summed E-state index contributed by atoms with van der Waals surface area (Å²) in [5.74, 6) is 0. The van der Waals surface area contributed by atoms with Crippen molar-refractivity contribution in [3.63, 3.8) is 0 Å². The number of hydrogen-bond donors (Lipinski definition) is 2. The van der Waals surface area contributed by atoms with Crippen LogP contribution in [0.5, 0.6) is 0 Å². The maximum absolute atomic E-state index is 12.0. The Balaban J connectivity index is 1.78. The number of aliphatic hydroxyl groups excluding tert-OH is 1. The Morgan fingerprint density at radius 1 is 1.35 bits per heavy atom. The van der Waals surface area contributed by atoms with Crippen molar-refractivity contribution in [3.05, 3.63) is 34.9 Å². The van der Waals surface area contributed by atoms with Crippen LogP contribution in [0.1, 0.15) is 29.5 Å². The highest BCUT2D eigenvalue weighted by atomic mass is 16.3. The zero-order chi connectivity index (χ0) is 14.5. The molecule has 0 radical (unpaired) electrons. The van der Waals surface area contributed by atoms with Gasteiger partial charge in [0, 0.05) is 19.6 Å². The van der Waals surface area contributed by atoms with Gasteiger partial charge in [0.05, 0.1) is 6.10 Å². The van der Waals surface area contributed by atoms with Gasteiger partial charge in [0.25, 0.3) is 0 Å². The number of amides is 2. The number of aryl methyl sites for hydroxylation is 2. The van der Waals surface area contributed by atoms with Gasteiger partial charge in [0.2, 0.25) is 0 Å². The Hall–Kier alpha value is -1.55. The third-order valence-corrected chi connectivity index (χ3v) is 3.66. The van der Waals surface area contributed by atoms with E-state index < -0.39 is 0 Å². The number of carbonyl (C=O) groups excluding carboxylic acids is 1. The number of urea groups is 1. The van der Waals surface area contributed by atoms with Crippen LogP contribution in [0.15, 0.2) is 18.2 Å². The summed E-state index contributed by atoms with van der Waals surface area (Å²) in [7, 11) is 0. The molecule has 1 heterocycles. The molecule has 1 unspecified atom stereocenters. The molecule has 1 saturated heterocycles. The van der Waals surface area contributed by atoms with Crippen LogP contribution in [-0.4, -0.2) is 41.8 Å². The number of likely N-dealkylation sites (tertiary alicyclic amines) is 1. The lowest BCUT2D eigenvalue weighted by Crippen LogP contribution is -2.47. The van der Waals surface area contributed by atoms with Gasteiger partial charge >= 0.3 is 6.03 Å². The van der Waals surface area contributed by atoms with Gasteiger partial charge in [-0.15, -0.1) is 0 Å². The molecule has 0 aromatic heterocycles. The fourth-order valence-corrected chi connectivity index (χ4v) is 2.78. The number of rotatable bonds is 3. The molecule has 4 nitrogen and oxygen atoms in total. The molecule has 2 rings (SSSR count). The Morgan fingerprint density at radius 2 is 2.05 bits per heavy atom. The topological polar surface area (TPSA) is 52.6 Å². The van der Waals surface area contributed by atoms with Crippen molar-refractivity contribution in [1.82, 2.24) is 10.2 Å². The number of piperidine rings is 1. The quantitative estimate of drug-likeness (QED) is 0.887. The number of nitrogens with one attached hydrogen (secondary N) is 1. The van der Waals surface area contributed by atoms with E-state index in [0.29, 0.717) is 13.1 Å². The van der Waals surface area contributed by atoms with Gasteiger partial charge in [0.1, 0.15) is 0 Å². The smallest absolute Gasteiger partial charge is 0.317 e. The van der Waals surface area contributed by atoms with Crippen LogP contribution in [0.3, 0.4) is 0 Å². The minimum absolute atomic E-state index is 0.0619. The number of aliphatic hydroxyl groups is 1. The molecule has 0 bridgehead atoms. The van der Waals surface area contributed by atoms with E-state index in [9.17, 15) is 9.90 Å². The molecule has 0 aliphatic carbocycles. The lowest BCUT2D eigenvalue weighted by atomic mass is 10.1. The van der Waals surface area contributed by atoms with Crippen LogP contribution in [0, 0.1) is 13.8 Å². The molecule has 1 fully saturated rings. The van der Waals surface area contributed by atoms with E-state index >= 15 is 0 Å². The average molecular weight is 276 g/mol. The third kappa shape index (κ3) is 4.23. The summed E-state index contributed by atoms with van der Waals surface area (Å²) in [6, 6.07) is 6.40. The van der Waals surface area contributed by atoms with Crippen molar-refractivity contribution < 1.29 is 9.90 Å². The summed E-state index contributed by atoms with van der Waals surface area (Å²) in [5.41, 5.74) is 3.76.